The molecule has 24 heavy (non-hydrogen) atoms. The number of hydrazone groups is 1. The molecule has 0 saturated carbocycles. The molecule has 1 amide bonds. The first-order valence-corrected chi connectivity index (χ1v) is 7.99. The van der Waals surface area contributed by atoms with E-state index in [1.54, 1.807) is 12.1 Å². The third-order valence-electron chi connectivity index (χ3n) is 3.86. The molecule has 0 bridgehead atoms. The van der Waals surface area contributed by atoms with E-state index >= 15 is 0 Å². The van der Waals surface area contributed by atoms with Crippen LogP contribution in [-0.4, -0.2) is 25.7 Å². The van der Waals surface area contributed by atoms with Gasteiger partial charge in [-0.3, -0.25) is 4.79 Å². The highest BCUT2D eigenvalue weighted by Gasteiger charge is 2.29. The predicted molar refractivity (Wildman–Crippen MR) is 101 cm³/mol. The molecule has 122 valence electrons. The summed E-state index contributed by atoms with van der Waals surface area (Å²) in [4.78, 5) is 14.8. The van der Waals surface area contributed by atoms with Gasteiger partial charge >= 0.3 is 0 Å². The smallest absolute Gasteiger partial charge is 0.280 e. The van der Waals surface area contributed by atoms with E-state index in [1.165, 1.54) is 5.01 Å². The first-order valence-electron chi connectivity index (χ1n) is 7.61. The van der Waals surface area contributed by atoms with Crippen molar-refractivity contribution in [3.8, 4) is 0 Å². The highest BCUT2D eigenvalue weighted by Crippen LogP contribution is 2.30. The van der Waals surface area contributed by atoms with E-state index in [0.29, 0.717) is 22.0 Å². The number of rotatable bonds is 3. The molecule has 2 aromatic carbocycles. The second-order valence-corrected chi connectivity index (χ2v) is 6.20. The Morgan fingerprint density at radius 1 is 1.08 bits per heavy atom. The summed E-state index contributed by atoms with van der Waals surface area (Å²) in [5.74, 6) is -0.169. The third-order valence-corrected chi connectivity index (χ3v) is 4.18. The van der Waals surface area contributed by atoms with Crippen molar-refractivity contribution < 1.29 is 4.79 Å². The molecule has 1 aliphatic rings. The normalized spacial score (nSPS) is 15.8. The van der Waals surface area contributed by atoms with Crippen LogP contribution in [0.3, 0.4) is 0 Å². The number of benzene rings is 2. The number of para-hydroxylation sites is 1. The SMILES string of the molecule is CC1=NN(c2ccccc2Cl)C(=O)/C1=C/c1ccc(N(C)C)cc1. The van der Waals surface area contributed by atoms with Gasteiger partial charge in [0.15, 0.2) is 0 Å². The predicted octanol–water partition coefficient (Wildman–Crippen LogP) is 4.21. The standard InChI is InChI=1S/C19H18ClN3O/c1-13-16(12-14-8-10-15(11-9-14)22(2)3)19(24)23(21-13)18-7-5-4-6-17(18)20/h4-12H,1-3H3/b16-12+. The Morgan fingerprint density at radius 2 is 1.75 bits per heavy atom. The van der Waals surface area contributed by atoms with Crippen molar-refractivity contribution in [1.29, 1.82) is 0 Å². The van der Waals surface area contributed by atoms with E-state index in [4.69, 9.17) is 11.6 Å². The minimum Gasteiger partial charge on any atom is -0.378 e. The Hall–Kier alpha value is -2.59. The Bertz CT molecular complexity index is 838. The summed E-state index contributed by atoms with van der Waals surface area (Å²) in [7, 11) is 3.98. The summed E-state index contributed by atoms with van der Waals surface area (Å²) in [6, 6.07) is 15.2. The molecular weight excluding hydrogens is 322 g/mol. The summed E-state index contributed by atoms with van der Waals surface area (Å²) in [6.45, 7) is 1.83. The quantitative estimate of drug-likeness (QED) is 0.785. The van der Waals surface area contributed by atoms with Gasteiger partial charge in [0.05, 0.1) is 22.0 Å². The third kappa shape index (κ3) is 3.05. The van der Waals surface area contributed by atoms with E-state index in [9.17, 15) is 4.79 Å². The van der Waals surface area contributed by atoms with Gasteiger partial charge in [0.1, 0.15) is 0 Å². The summed E-state index contributed by atoms with van der Waals surface area (Å²) >= 11 is 6.19. The molecule has 0 unspecified atom stereocenters. The minimum absolute atomic E-state index is 0.169. The van der Waals surface area contributed by atoms with Crippen molar-refractivity contribution in [3.63, 3.8) is 0 Å². The van der Waals surface area contributed by atoms with Crippen LogP contribution in [0.2, 0.25) is 5.02 Å². The number of anilines is 2. The minimum atomic E-state index is -0.169. The molecule has 2 aromatic rings. The first-order chi connectivity index (χ1) is 11.5. The molecule has 0 radical (unpaired) electrons. The maximum atomic E-state index is 12.7. The zero-order chi connectivity index (χ0) is 17.3. The number of halogens is 1. The summed E-state index contributed by atoms with van der Waals surface area (Å²) < 4.78 is 0. The van der Waals surface area contributed by atoms with Gasteiger partial charge in [-0.25, -0.2) is 0 Å². The van der Waals surface area contributed by atoms with Gasteiger partial charge in [-0.2, -0.15) is 10.1 Å². The molecule has 5 heteroatoms. The lowest BCUT2D eigenvalue weighted by Gasteiger charge is -2.13. The number of carbonyl (C=O) groups is 1. The number of hydrogen-bond acceptors (Lipinski definition) is 3. The van der Waals surface area contributed by atoms with Gasteiger partial charge in [-0.05, 0) is 42.8 Å². The van der Waals surface area contributed by atoms with Crippen molar-refractivity contribution in [2.45, 2.75) is 6.92 Å². The van der Waals surface area contributed by atoms with Crippen LogP contribution in [0.4, 0.5) is 11.4 Å². The first kappa shape index (κ1) is 16.3. The van der Waals surface area contributed by atoms with Crippen LogP contribution in [0.5, 0.6) is 0 Å². The van der Waals surface area contributed by atoms with Gasteiger partial charge in [0.2, 0.25) is 0 Å². The molecule has 0 N–H and O–H groups in total. The van der Waals surface area contributed by atoms with Crippen LogP contribution in [0, 0.1) is 0 Å². The van der Waals surface area contributed by atoms with E-state index < -0.39 is 0 Å². The van der Waals surface area contributed by atoms with E-state index in [2.05, 4.69) is 5.10 Å². The molecule has 0 fully saturated rings. The Labute approximate surface area is 146 Å². The van der Waals surface area contributed by atoms with Gasteiger partial charge in [0.25, 0.3) is 5.91 Å². The molecule has 1 aliphatic heterocycles. The number of hydrogen-bond donors (Lipinski definition) is 0. The lowest BCUT2D eigenvalue weighted by Crippen LogP contribution is -2.21. The molecule has 4 nitrogen and oxygen atoms in total. The lowest BCUT2D eigenvalue weighted by molar-refractivity contribution is -0.114. The van der Waals surface area contributed by atoms with Crippen molar-refractivity contribution in [2.24, 2.45) is 5.10 Å². The number of amides is 1. The maximum Gasteiger partial charge on any atom is 0.280 e. The molecule has 0 aromatic heterocycles. The van der Waals surface area contributed by atoms with Gasteiger partial charge in [0, 0.05) is 19.8 Å². The summed E-state index contributed by atoms with van der Waals surface area (Å²) in [5, 5.41) is 6.22. The summed E-state index contributed by atoms with van der Waals surface area (Å²) in [5.41, 5.74) is 3.91. The fourth-order valence-electron chi connectivity index (χ4n) is 2.51. The van der Waals surface area contributed by atoms with Crippen LogP contribution < -0.4 is 9.91 Å². The zero-order valence-corrected chi connectivity index (χ0v) is 14.6. The molecule has 0 atom stereocenters. The average Bonchev–Trinajstić information content (AvgIpc) is 2.84. The van der Waals surface area contributed by atoms with Crippen LogP contribution >= 0.6 is 11.6 Å². The highest BCUT2D eigenvalue weighted by atomic mass is 35.5. The van der Waals surface area contributed by atoms with Crippen LogP contribution in [0.1, 0.15) is 12.5 Å². The van der Waals surface area contributed by atoms with Crippen LogP contribution in [-0.2, 0) is 4.79 Å². The van der Waals surface area contributed by atoms with Crippen molar-refractivity contribution in [1.82, 2.24) is 0 Å². The number of carbonyl (C=O) groups excluding carboxylic acids is 1. The summed E-state index contributed by atoms with van der Waals surface area (Å²) in [6.07, 6.45) is 1.86. The Kier molecular flexibility index (Phi) is 4.40. The second-order valence-electron chi connectivity index (χ2n) is 5.80. The van der Waals surface area contributed by atoms with E-state index in [0.717, 1.165) is 11.3 Å². The van der Waals surface area contributed by atoms with Crippen molar-refractivity contribution >= 4 is 40.7 Å². The van der Waals surface area contributed by atoms with Crippen LogP contribution in [0.15, 0.2) is 59.2 Å². The fourth-order valence-corrected chi connectivity index (χ4v) is 2.72. The van der Waals surface area contributed by atoms with E-state index in [1.807, 2.05) is 68.4 Å². The molecule has 0 aliphatic carbocycles. The molecule has 0 saturated heterocycles. The average molecular weight is 340 g/mol. The largest absolute Gasteiger partial charge is 0.378 e. The van der Waals surface area contributed by atoms with Crippen molar-refractivity contribution in [3.05, 3.63) is 64.7 Å². The van der Waals surface area contributed by atoms with E-state index in [-0.39, 0.29) is 5.91 Å². The number of nitrogens with zero attached hydrogens (tertiary/aromatic N) is 3. The molecule has 3 rings (SSSR count). The molecular formula is C19H18ClN3O. The van der Waals surface area contributed by atoms with Crippen LogP contribution in [0.25, 0.3) is 6.08 Å². The maximum absolute atomic E-state index is 12.7. The van der Waals surface area contributed by atoms with Crippen molar-refractivity contribution in [2.75, 3.05) is 24.0 Å². The van der Waals surface area contributed by atoms with Gasteiger partial charge < -0.3 is 4.90 Å². The monoisotopic (exact) mass is 339 g/mol. The lowest BCUT2D eigenvalue weighted by atomic mass is 10.1. The van der Waals surface area contributed by atoms with Gasteiger partial charge in [-0.1, -0.05) is 35.9 Å². The highest BCUT2D eigenvalue weighted by molar-refractivity contribution is 6.37. The molecule has 0 spiro atoms. The zero-order valence-electron chi connectivity index (χ0n) is 13.8. The topological polar surface area (TPSA) is 35.9 Å². The Morgan fingerprint density at radius 3 is 2.38 bits per heavy atom. The molecule has 1 heterocycles. The Balaban J connectivity index is 1.91. The fraction of sp³-hybridized carbons (Fsp3) is 0.158. The second kappa shape index (κ2) is 6.49. The van der Waals surface area contributed by atoms with Gasteiger partial charge in [-0.15, -0.1) is 0 Å².